The molecule has 0 aromatic carbocycles. The van der Waals surface area contributed by atoms with Gasteiger partial charge in [-0.25, -0.2) is 0 Å². The third-order valence-electron chi connectivity index (χ3n) is 3.95. The zero-order chi connectivity index (χ0) is 13.6. The zero-order valence-electron chi connectivity index (χ0n) is 12.7. The summed E-state index contributed by atoms with van der Waals surface area (Å²) in [6.45, 7) is 12.2. The molecule has 1 fully saturated rings. The molecule has 3 heteroatoms. The fourth-order valence-electron chi connectivity index (χ4n) is 2.57. The largest absolute Gasteiger partial charge is 0.307 e. The Labute approximate surface area is 111 Å². The Balaban J connectivity index is 2.09. The smallest absolute Gasteiger partial charge is 0.0722 e. The van der Waals surface area contributed by atoms with Crippen LogP contribution in [0.2, 0.25) is 0 Å². The van der Waals surface area contributed by atoms with E-state index in [9.17, 15) is 0 Å². The van der Waals surface area contributed by atoms with E-state index in [4.69, 9.17) is 0 Å². The van der Waals surface area contributed by atoms with Gasteiger partial charge < -0.3 is 5.32 Å². The van der Waals surface area contributed by atoms with Gasteiger partial charge in [0.15, 0.2) is 0 Å². The van der Waals surface area contributed by atoms with Crippen molar-refractivity contribution in [1.82, 2.24) is 15.1 Å². The standard InChI is InChI=1S/C15H27N3/c1-14(2,3)13-11(10-18(6)17-13)9-16-15(4,5)12-7-8-12/h10,12,16H,7-9H2,1-6H3. The molecule has 0 saturated heterocycles. The summed E-state index contributed by atoms with van der Waals surface area (Å²) in [6.07, 6.45) is 4.90. The Hall–Kier alpha value is -0.830. The average Bonchev–Trinajstić information content (AvgIpc) is 2.99. The van der Waals surface area contributed by atoms with Crippen LogP contribution in [0.25, 0.3) is 0 Å². The van der Waals surface area contributed by atoms with Gasteiger partial charge >= 0.3 is 0 Å². The van der Waals surface area contributed by atoms with Gasteiger partial charge in [-0.1, -0.05) is 20.8 Å². The molecule has 0 radical (unpaired) electrons. The first kappa shape index (κ1) is 13.6. The second-order valence-corrected chi connectivity index (χ2v) is 7.28. The van der Waals surface area contributed by atoms with Crippen molar-refractivity contribution in [2.45, 2.75) is 65.0 Å². The van der Waals surface area contributed by atoms with E-state index in [0.29, 0.717) is 0 Å². The maximum Gasteiger partial charge on any atom is 0.0722 e. The average molecular weight is 249 g/mol. The molecule has 3 nitrogen and oxygen atoms in total. The van der Waals surface area contributed by atoms with E-state index < -0.39 is 0 Å². The lowest BCUT2D eigenvalue weighted by Gasteiger charge is -2.27. The number of nitrogens with zero attached hydrogens (tertiary/aromatic N) is 2. The Kier molecular flexibility index (Phi) is 3.30. The first-order chi connectivity index (χ1) is 8.20. The summed E-state index contributed by atoms with van der Waals surface area (Å²) in [4.78, 5) is 0. The molecule has 0 spiro atoms. The van der Waals surface area contributed by atoms with Crippen LogP contribution in [0.4, 0.5) is 0 Å². The number of rotatable bonds is 4. The van der Waals surface area contributed by atoms with Gasteiger partial charge in [-0.15, -0.1) is 0 Å². The molecule has 0 unspecified atom stereocenters. The van der Waals surface area contributed by atoms with E-state index >= 15 is 0 Å². The second kappa shape index (κ2) is 4.37. The lowest BCUT2D eigenvalue weighted by atomic mass is 9.89. The quantitative estimate of drug-likeness (QED) is 0.889. The van der Waals surface area contributed by atoms with Crippen LogP contribution in [0.15, 0.2) is 6.20 Å². The van der Waals surface area contributed by atoms with Crippen molar-refractivity contribution in [3.63, 3.8) is 0 Å². The molecule has 0 bridgehead atoms. The second-order valence-electron chi connectivity index (χ2n) is 7.28. The maximum atomic E-state index is 4.62. The minimum Gasteiger partial charge on any atom is -0.307 e. The molecule has 1 aliphatic carbocycles. The molecule has 1 aromatic heterocycles. The summed E-state index contributed by atoms with van der Waals surface area (Å²) in [5.41, 5.74) is 2.91. The van der Waals surface area contributed by atoms with E-state index in [2.05, 4.69) is 51.2 Å². The monoisotopic (exact) mass is 249 g/mol. The van der Waals surface area contributed by atoms with Crippen LogP contribution in [0.3, 0.4) is 0 Å². The van der Waals surface area contributed by atoms with Gasteiger partial charge in [0.2, 0.25) is 0 Å². The number of aryl methyl sites for hydroxylation is 1. The predicted octanol–water partition coefficient (Wildman–Crippen LogP) is 3.00. The van der Waals surface area contributed by atoms with Gasteiger partial charge in [0.1, 0.15) is 0 Å². The highest BCUT2D eigenvalue weighted by atomic mass is 15.3. The third kappa shape index (κ3) is 2.94. The molecule has 0 atom stereocenters. The van der Waals surface area contributed by atoms with Gasteiger partial charge in [-0.2, -0.15) is 5.10 Å². The fourth-order valence-corrected chi connectivity index (χ4v) is 2.57. The Morgan fingerprint density at radius 1 is 1.28 bits per heavy atom. The van der Waals surface area contributed by atoms with E-state index in [1.54, 1.807) is 0 Å². The summed E-state index contributed by atoms with van der Waals surface area (Å²) in [7, 11) is 2.00. The van der Waals surface area contributed by atoms with Crippen LogP contribution in [0.1, 0.15) is 58.7 Å². The van der Waals surface area contributed by atoms with E-state index in [0.717, 1.165) is 12.5 Å². The number of hydrogen-bond donors (Lipinski definition) is 1. The summed E-state index contributed by atoms with van der Waals surface area (Å²) >= 11 is 0. The van der Waals surface area contributed by atoms with Crippen molar-refractivity contribution in [3.8, 4) is 0 Å². The van der Waals surface area contributed by atoms with Crippen LogP contribution < -0.4 is 5.32 Å². The lowest BCUT2D eigenvalue weighted by molar-refractivity contribution is 0.338. The van der Waals surface area contributed by atoms with Crippen molar-refractivity contribution in [1.29, 1.82) is 0 Å². The molecular formula is C15H27N3. The highest BCUT2D eigenvalue weighted by molar-refractivity contribution is 5.24. The Morgan fingerprint density at radius 2 is 1.89 bits per heavy atom. The van der Waals surface area contributed by atoms with Crippen LogP contribution in [-0.4, -0.2) is 15.3 Å². The topological polar surface area (TPSA) is 29.9 Å². The lowest BCUT2D eigenvalue weighted by Crippen LogP contribution is -2.41. The molecule has 1 saturated carbocycles. The van der Waals surface area contributed by atoms with Crippen LogP contribution in [-0.2, 0) is 19.0 Å². The van der Waals surface area contributed by atoms with Gasteiger partial charge in [0.25, 0.3) is 0 Å². The summed E-state index contributed by atoms with van der Waals surface area (Å²) in [5, 5.41) is 8.33. The van der Waals surface area contributed by atoms with Gasteiger partial charge in [0, 0.05) is 36.3 Å². The summed E-state index contributed by atoms with van der Waals surface area (Å²) in [6, 6.07) is 0. The van der Waals surface area contributed by atoms with Crippen LogP contribution in [0, 0.1) is 5.92 Å². The molecule has 1 aliphatic rings. The number of aromatic nitrogens is 2. The predicted molar refractivity (Wildman–Crippen MR) is 75.6 cm³/mol. The van der Waals surface area contributed by atoms with Crippen molar-refractivity contribution >= 4 is 0 Å². The SMILES string of the molecule is Cn1cc(CNC(C)(C)C2CC2)c(C(C)(C)C)n1. The van der Waals surface area contributed by atoms with Gasteiger partial charge in [0.05, 0.1) is 5.69 Å². The molecule has 2 rings (SSSR count). The van der Waals surface area contributed by atoms with E-state index in [-0.39, 0.29) is 11.0 Å². The van der Waals surface area contributed by atoms with E-state index in [1.165, 1.54) is 24.1 Å². The van der Waals surface area contributed by atoms with E-state index in [1.807, 2.05) is 11.7 Å². The maximum absolute atomic E-state index is 4.62. The molecule has 1 heterocycles. The van der Waals surface area contributed by atoms with Gasteiger partial charge in [-0.3, -0.25) is 4.68 Å². The summed E-state index contributed by atoms with van der Waals surface area (Å²) < 4.78 is 1.93. The van der Waals surface area contributed by atoms with Crippen LogP contribution >= 0.6 is 0 Å². The first-order valence-electron chi connectivity index (χ1n) is 6.98. The van der Waals surface area contributed by atoms with Crippen molar-refractivity contribution < 1.29 is 0 Å². The molecule has 1 N–H and O–H groups in total. The number of nitrogens with one attached hydrogen (secondary N) is 1. The Bertz CT molecular complexity index is 419. The van der Waals surface area contributed by atoms with Crippen molar-refractivity contribution in [2.75, 3.05) is 0 Å². The third-order valence-corrected chi connectivity index (χ3v) is 3.95. The molecule has 0 amide bonds. The molecular weight excluding hydrogens is 222 g/mol. The normalized spacial score (nSPS) is 17.2. The highest BCUT2D eigenvalue weighted by Crippen LogP contribution is 2.39. The zero-order valence-corrected chi connectivity index (χ0v) is 12.7. The minimum absolute atomic E-state index is 0.113. The van der Waals surface area contributed by atoms with Gasteiger partial charge in [-0.05, 0) is 32.6 Å². The Morgan fingerprint density at radius 3 is 2.39 bits per heavy atom. The summed E-state index contributed by atoms with van der Waals surface area (Å²) in [5.74, 6) is 0.854. The van der Waals surface area contributed by atoms with Crippen LogP contribution in [0.5, 0.6) is 0 Å². The molecule has 0 aliphatic heterocycles. The minimum atomic E-state index is 0.113. The molecule has 1 aromatic rings. The first-order valence-corrected chi connectivity index (χ1v) is 6.98. The molecule has 18 heavy (non-hydrogen) atoms. The fraction of sp³-hybridized carbons (Fsp3) is 0.800. The molecule has 102 valence electrons. The highest BCUT2D eigenvalue weighted by Gasteiger charge is 2.37. The van der Waals surface area contributed by atoms with Crippen molar-refractivity contribution in [2.24, 2.45) is 13.0 Å². The van der Waals surface area contributed by atoms with Crippen molar-refractivity contribution in [3.05, 3.63) is 17.5 Å². The number of hydrogen-bond acceptors (Lipinski definition) is 2.